The Morgan fingerprint density at radius 1 is 1.00 bits per heavy atom. The molecule has 3 aliphatic rings. The molecule has 40 heavy (non-hydrogen) atoms. The van der Waals surface area contributed by atoms with Gasteiger partial charge in [-0.25, -0.2) is 4.79 Å². The van der Waals surface area contributed by atoms with E-state index in [1.165, 1.54) is 0 Å². The summed E-state index contributed by atoms with van der Waals surface area (Å²) in [6.07, 6.45) is 5.06. The number of urea groups is 1. The van der Waals surface area contributed by atoms with Crippen molar-refractivity contribution in [3.05, 3.63) is 29.8 Å². The van der Waals surface area contributed by atoms with Crippen molar-refractivity contribution < 1.29 is 33.4 Å². The lowest BCUT2D eigenvalue weighted by molar-refractivity contribution is -0.133. The van der Waals surface area contributed by atoms with Gasteiger partial charge in [-0.2, -0.15) is 0 Å². The van der Waals surface area contributed by atoms with E-state index in [4.69, 9.17) is 14.2 Å². The van der Waals surface area contributed by atoms with Crippen LogP contribution in [0.25, 0.3) is 0 Å². The summed E-state index contributed by atoms with van der Waals surface area (Å²) in [6, 6.07) is 4.33. The standard InChI is InChI=1S/C29H42N4O7/c1-19(30-28(37)33-12-14-39-15-13-33)26(35)32-24(17-21-8-10-22(38-3)11-9-21)27(36)31-23(16-20-6-4-5-7-20)25(34)29(2)18-40-29/h8-11,19-20,23-24H,4-7,12-18H2,1-3H3,(H,30,37)(H,31,36)(H,32,35)/t19-,23+,24+,29-/m1/s1. The average molecular weight is 559 g/mol. The van der Waals surface area contributed by atoms with Crippen LogP contribution >= 0.6 is 0 Å². The van der Waals surface area contributed by atoms with Crippen LogP contribution in [-0.2, 0) is 30.3 Å². The lowest BCUT2D eigenvalue weighted by Gasteiger charge is -2.29. The maximum Gasteiger partial charge on any atom is 0.318 e. The predicted molar refractivity (Wildman–Crippen MR) is 147 cm³/mol. The number of ketones is 1. The van der Waals surface area contributed by atoms with Crippen LogP contribution in [0.15, 0.2) is 24.3 Å². The first-order valence-corrected chi connectivity index (χ1v) is 14.2. The number of nitrogens with one attached hydrogen (secondary N) is 3. The van der Waals surface area contributed by atoms with E-state index in [2.05, 4.69) is 16.0 Å². The minimum absolute atomic E-state index is 0.131. The summed E-state index contributed by atoms with van der Waals surface area (Å²) in [4.78, 5) is 54.4. The zero-order chi connectivity index (χ0) is 28.7. The molecule has 1 aromatic rings. The van der Waals surface area contributed by atoms with E-state index < -0.39 is 35.5 Å². The van der Waals surface area contributed by atoms with E-state index in [9.17, 15) is 19.2 Å². The van der Waals surface area contributed by atoms with E-state index in [0.717, 1.165) is 31.2 Å². The summed E-state index contributed by atoms with van der Waals surface area (Å²) in [5.74, 6) is -0.0360. The lowest BCUT2D eigenvalue weighted by atomic mass is 9.90. The molecular formula is C29H42N4O7. The highest BCUT2D eigenvalue weighted by molar-refractivity contribution is 5.98. The predicted octanol–water partition coefficient (Wildman–Crippen LogP) is 1.58. The molecule has 220 valence electrons. The highest BCUT2D eigenvalue weighted by atomic mass is 16.6. The number of hydrogen-bond donors (Lipinski definition) is 3. The molecule has 0 aromatic heterocycles. The van der Waals surface area contributed by atoms with E-state index in [1.807, 2.05) is 12.1 Å². The van der Waals surface area contributed by atoms with E-state index in [1.54, 1.807) is 38.0 Å². The van der Waals surface area contributed by atoms with Crippen LogP contribution in [0.3, 0.4) is 0 Å². The molecule has 3 N–H and O–H groups in total. The minimum Gasteiger partial charge on any atom is -0.497 e. The highest BCUT2D eigenvalue weighted by Gasteiger charge is 2.50. The van der Waals surface area contributed by atoms with Gasteiger partial charge in [0, 0.05) is 19.5 Å². The third-order valence-electron chi connectivity index (χ3n) is 8.04. The molecule has 1 saturated carbocycles. The monoisotopic (exact) mass is 558 g/mol. The molecule has 11 heteroatoms. The first-order chi connectivity index (χ1) is 19.2. The van der Waals surface area contributed by atoms with E-state index in [0.29, 0.717) is 51.0 Å². The fraction of sp³-hybridized carbons (Fsp3) is 0.655. The Kier molecular flexibility index (Phi) is 10.0. The SMILES string of the molecule is COc1ccc(C[C@H](NC(=O)[C@@H](C)NC(=O)N2CCOCC2)C(=O)N[C@@H](CC2CCCC2)C(=O)[C@@]2(C)CO2)cc1. The number of carbonyl (C=O) groups excluding carboxylic acids is 4. The van der Waals surface area contributed by atoms with Gasteiger partial charge in [0.1, 0.15) is 23.4 Å². The quantitative estimate of drug-likeness (QED) is 0.331. The smallest absolute Gasteiger partial charge is 0.318 e. The number of methoxy groups -OCH3 is 1. The van der Waals surface area contributed by atoms with Crippen molar-refractivity contribution in [3.8, 4) is 5.75 Å². The van der Waals surface area contributed by atoms with Gasteiger partial charge in [0.25, 0.3) is 0 Å². The Hall–Kier alpha value is -3.18. The highest BCUT2D eigenvalue weighted by Crippen LogP contribution is 2.33. The van der Waals surface area contributed by atoms with Gasteiger partial charge in [-0.05, 0) is 43.9 Å². The van der Waals surface area contributed by atoms with Crippen molar-refractivity contribution >= 4 is 23.6 Å². The molecule has 4 rings (SSSR count). The number of amides is 4. The summed E-state index contributed by atoms with van der Waals surface area (Å²) in [6.45, 7) is 5.46. The fourth-order valence-electron chi connectivity index (χ4n) is 5.31. The molecule has 4 amide bonds. The van der Waals surface area contributed by atoms with Crippen LogP contribution in [0.2, 0.25) is 0 Å². The number of carbonyl (C=O) groups is 4. The Bertz CT molecular complexity index is 1050. The topological polar surface area (TPSA) is 139 Å². The third kappa shape index (κ3) is 7.94. The second-order valence-corrected chi connectivity index (χ2v) is 11.2. The molecule has 11 nitrogen and oxygen atoms in total. The number of ether oxygens (including phenoxy) is 3. The maximum absolute atomic E-state index is 13.7. The van der Waals surface area contributed by atoms with Gasteiger partial charge in [0.15, 0.2) is 5.78 Å². The van der Waals surface area contributed by atoms with Crippen LogP contribution in [0.4, 0.5) is 4.79 Å². The molecule has 0 unspecified atom stereocenters. The maximum atomic E-state index is 13.7. The Balaban J connectivity index is 1.46. The largest absolute Gasteiger partial charge is 0.497 e. The second-order valence-electron chi connectivity index (χ2n) is 11.2. The van der Waals surface area contributed by atoms with Gasteiger partial charge in [-0.15, -0.1) is 0 Å². The van der Waals surface area contributed by atoms with Gasteiger partial charge in [0.05, 0.1) is 33.0 Å². The lowest BCUT2D eigenvalue weighted by Crippen LogP contribution is -2.58. The van der Waals surface area contributed by atoms with Crippen LogP contribution in [-0.4, -0.2) is 92.3 Å². The van der Waals surface area contributed by atoms with Crippen molar-refractivity contribution in [2.45, 2.75) is 76.1 Å². The van der Waals surface area contributed by atoms with Gasteiger partial charge < -0.3 is 35.1 Å². The molecule has 0 spiro atoms. The number of rotatable bonds is 12. The van der Waals surface area contributed by atoms with Gasteiger partial charge in [-0.1, -0.05) is 37.8 Å². The summed E-state index contributed by atoms with van der Waals surface area (Å²) in [7, 11) is 1.57. The van der Waals surface area contributed by atoms with Crippen molar-refractivity contribution in [2.24, 2.45) is 5.92 Å². The Labute approximate surface area is 235 Å². The average Bonchev–Trinajstić information content (AvgIpc) is 3.50. The zero-order valence-electron chi connectivity index (χ0n) is 23.7. The molecule has 3 fully saturated rings. The molecular weight excluding hydrogens is 516 g/mol. The number of benzene rings is 1. The summed E-state index contributed by atoms with van der Waals surface area (Å²) in [5.41, 5.74) is -0.0637. The van der Waals surface area contributed by atoms with Crippen molar-refractivity contribution in [1.82, 2.24) is 20.9 Å². The Morgan fingerprint density at radius 2 is 1.62 bits per heavy atom. The fourth-order valence-corrected chi connectivity index (χ4v) is 5.31. The van der Waals surface area contributed by atoms with Gasteiger partial charge in [0.2, 0.25) is 11.8 Å². The molecule has 0 bridgehead atoms. The first kappa shape index (κ1) is 29.8. The van der Waals surface area contributed by atoms with Crippen molar-refractivity contribution in [1.29, 1.82) is 0 Å². The van der Waals surface area contributed by atoms with Crippen LogP contribution in [0.1, 0.15) is 51.5 Å². The van der Waals surface area contributed by atoms with Gasteiger partial charge >= 0.3 is 6.03 Å². The van der Waals surface area contributed by atoms with Crippen molar-refractivity contribution in [2.75, 3.05) is 40.0 Å². The summed E-state index contributed by atoms with van der Waals surface area (Å²) >= 11 is 0. The van der Waals surface area contributed by atoms with E-state index in [-0.39, 0.29) is 18.2 Å². The molecule has 4 atom stereocenters. The van der Waals surface area contributed by atoms with Crippen LogP contribution in [0.5, 0.6) is 5.75 Å². The number of Topliss-reactive ketones (excluding diaryl/α,β-unsaturated/α-hetero) is 1. The number of epoxide rings is 1. The number of hydrogen-bond acceptors (Lipinski definition) is 7. The van der Waals surface area contributed by atoms with Gasteiger partial charge in [-0.3, -0.25) is 14.4 Å². The molecule has 2 saturated heterocycles. The summed E-state index contributed by atoms with van der Waals surface area (Å²) < 4.78 is 15.9. The van der Waals surface area contributed by atoms with E-state index >= 15 is 0 Å². The number of nitrogens with zero attached hydrogens (tertiary/aromatic N) is 1. The molecule has 1 aliphatic carbocycles. The molecule has 1 aromatic carbocycles. The van der Waals surface area contributed by atoms with Crippen LogP contribution in [0, 0.1) is 5.92 Å². The van der Waals surface area contributed by atoms with Crippen molar-refractivity contribution in [3.63, 3.8) is 0 Å². The first-order valence-electron chi connectivity index (χ1n) is 14.2. The molecule has 2 heterocycles. The second kappa shape index (κ2) is 13.5. The number of morpholine rings is 1. The van der Waals surface area contributed by atoms with Crippen LogP contribution < -0.4 is 20.7 Å². The molecule has 0 radical (unpaired) electrons. The normalized spacial score (nSPS) is 23.0. The third-order valence-corrected chi connectivity index (χ3v) is 8.04. The molecule has 2 aliphatic heterocycles. The zero-order valence-corrected chi connectivity index (χ0v) is 23.7. The minimum atomic E-state index is -0.963. The Morgan fingerprint density at radius 3 is 2.23 bits per heavy atom. The summed E-state index contributed by atoms with van der Waals surface area (Å²) in [5, 5.41) is 8.47.